The molecule has 6 aromatic carbocycles. The molecule has 0 saturated carbocycles. The van der Waals surface area contributed by atoms with Crippen molar-refractivity contribution in [1.82, 2.24) is 34.9 Å². The van der Waals surface area contributed by atoms with E-state index in [2.05, 4.69) is 383 Å². The Kier molecular flexibility index (Phi) is 71.9. The molecule has 0 amide bonds. The molecule has 2 atom stereocenters. The molecule has 31 nitrogen and oxygen atoms in total. The molecule has 12 aromatic rings. The molecular weight excluding hydrogens is 2170 g/mol. The van der Waals surface area contributed by atoms with Crippen LogP contribution in [0.2, 0.25) is 0 Å². The molecule has 8 bridgehead atoms. The zero-order valence-electron chi connectivity index (χ0n) is 82.9. The Hall–Kier alpha value is -8.85. The first-order valence-electron chi connectivity index (χ1n) is 40.4. The molecule has 0 aliphatic carbocycles. The van der Waals surface area contributed by atoms with E-state index < -0.39 is 6.10 Å². The van der Waals surface area contributed by atoms with Crippen LogP contribution in [-0.2, 0) is 65.8 Å². The average molecular weight is 2300 g/mol. The third-order valence-corrected chi connectivity index (χ3v) is 23.6. The van der Waals surface area contributed by atoms with Gasteiger partial charge in [0.15, 0.2) is 0 Å². The first-order chi connectivity index (χ1) is 55.8. The van der Waals surface area contributed by atoms with Crippen molar-refractivity contribution in [2.75, 3.05) is 12.5 Å². The largest absolute Gasteiger partial charge is 2.00 e. The number of H-pyrrole nitrogens is 3. The van der Waals surface area contributed by atoms with Gasteiger partial charge in [-0.2, -0.15) is 25.3 Å². The summed E-state index contributed by atoms with van der Waals surface area (Å²) in [6.07, 6.45) is 16.9. The van der Waals surface area contributed by atoms with Gasteiger partial charge in [0.1, 0.15) is 8.85 Å². The predicted molar refractivity (Wildman–Crippen MR) is 563 cm³/mol. The minimum absolute atomic E-state index is 0. The summed E-state index contributed by atoms with van der Waals surface area (Å²) in [4.78, 5) is 36.5. The molecular formula is C102H131BrI2N8O23S2Zn-22. The first kappa shape index (κ1) is 153. The second kappa shape index (κ2) is 65.4. The topological polar surface area (TPSA) is 794 Å². The van der Waals surface area contributed by atoms with Gasteiger partial charge in [-0.1, -0.05) is 238 Å². The molecule has 6 aromatic heterocycles. The molecule has 2 unspecified atom stereocenters. The van der Waals surface area contributed by atoms with Crippen molar-refractivity contribution in [2.45, 2.75) is 183 Å². The van der Waals surface area contributed by atoms with Gasteiger partial charge in [0, 0.05) is 100 Å². The fourth-order valence-corrected chi connectivity index (χ4v) is 16.2. The van der Waals surface area contributed by atoms with E-state index in [0.717, 1.165) is 147 Å². The second-order valence-electron chi connectivity index (χ2n) is 35.7. The van der Waals surface area contributed by atoms with Gasteiger partial charge in [0.25, 0.3) is 0 Å². The molecule has 0 saturated heterocycles. The standard InChI is InChI=1S/C50H45IN4.C32H35BrN2O.C18H21IN2.2CH4S.22H2O.Zn/c1-10-30-11-13-31(14-12-30)40-25-38-24-39-29-50(8,9)46(54-39)28-44-41(32-15-17-36(51)18-16-32)27-45(55-44)47(42-20-19-37(52-42)26-43(40)53-38)33-21-34(48(2,3)4)23-35(22-33)49(5,6)7;1-8-20-9-11-21(12-10-20)26-19-29(33)35-28(26)18-25-13-14-27(34-25)30(36)22-15-23(31(2,3)4)17-24(16-22)32(5,6)7;1-12-11-18(2,3)17(21-12)10-16-15(8-9-20-16)13-4-6-14(19)7-5-13;2*1-2;;;;;;;;;;;;;;;;;;;;;;;/h1,11-28H,29H2,2-9H3;1,9-17,19,30,34-36H,18H2,2-7H3;4-9,17,20H,10-11H2,1-3H3;2*2H,1H3;22*1H2;/q-2;;;;;;;;;;;;;;;;;;;;;;;;;;;+2/p-22/i2*1T;;;;;;;;;;;;;;;;;;;;;;;;;;. The maximum atomic E-state index is 11.4. The number of terminal acetylenes is 2. The summed E-state index contributed by atoms with van der Waals surface area (Å²) in [5.74, 6) is 5.60. The van der Waals surface area contributed by atoms with Crippen molar-refractivity contribution in [1.29, 1.82) is 0 Å². The number of aliphatic hydroxyl groups excluding tert-OH is 1. The van der Waals surface area contributed by atoms with E-state index >= 15 is 0 Å². The van der Waals surface area contributed by atoms with Crippen LogP contribution >= 0.6 is 86.4 Å². The van der Waals surface area contributed by atoms with Gasteiger partial charge in [-0.25, -0.2) is 4.98 Å². The number of aliphatic imine (C=N–C) groups is 1. The molecule has 26 N–H and O–H groups in total. The van der Waals surface area contributed by atoms with E-state index in [0.29, 0.717) is 12.5 Å². The van der Waals surface area contributed by atoms with Crippen molar-refractivity contribution in [3.05, 3.63) is 290 Å². The Bertz CT molecular complexity index is 5990. The van der Waals surface area contributed by atoms with Gasteiger partial charge in [0.2, 0.25) is 0 Å². The Balaban J connectivity index is -0.000000155. The van der Waals surface area contributed by atoms with Crippen molar-refractivity contribution < 1.29 is 148 Å². The van der Waals surface area contributed by atoms with Crippen molar-refractivity contribution in [2.24, 2.45) is 10.4 Å². The number of hydrogen-bond donors (Lipinski definition) is 6. The predicted octanol–water partition coefficient (Wildman–Crippen LogP) is 22.8. The molecule has 0 radical (unpaired) electrons. The summed E-state index contributed by atoms with van der Waals surface area (Å²) in [7, 11) is 0. The van der Waals surface area contributed by atoms with E-state index in [9.17, 15) is 5.11 Å². The summed E-state index contributed by atoms with van der Waals surface area (Å²) in [6.45, 7) is 38.2. The van der Waals surface area contributed by atoms with Gasteiger partial charge >= 0.3 is 19.5 Å². The van der Waals surface area contributed by atoms with Crippen LogP contribution in [0.15, 0.2) is 204 Å². The van der Waals surface area contributed by atoms with Crippen LogP contribution in [-0.4, -0.2) is 175 Å². The third-order valence-electron chi connectivity index (χ3n) is 21.7. The SMILES string of the molecule is CC1=NC(Cc2[nH]ccc2-c2ccc(I)cc2)C(C)(C)C1.CS.CS.[3H]C#Cc1ccc(-c2cc(Br)[nH]c2Cc2ccc(C(O)c3cc(C(C)(C)C)cc(C(C)(C)C)c3)[nH]2)cc1.[3H]C#Cc1ccc(-c2cc3cc4nc(cc5[n-]c(cc5-c5ccc(I)cc5)c(-c5cc(C(C)(C)C)cc(C(C)(C)C)c5)c5nc(cc2[n-]3)C=C5)C(C)(C)C4)cc1.[OH-].[OH-].[OH-].[OH-].[OH-].[OH-].[OH-].[OH-].[OH-].[OH-].[OH-].[OH-].[OH-].[OH-].[OH-].[OH-].[OH-].[OH-].[OH-].[OH-].[OH-].[OH-].[Zn+2]. The van der Waals surface area contributed by atoms with Crippen LogP contribution < -0.4 is 9.97 Å². The van der Waals surface area contributed by atoms with Crippen LogP contribution in [0.1, 0.15) is 217 Å². The zero-order chi connectivity index (χ0) is 85.6. The molecule has 9 heterocycles. The van der Waals surface area contributed by atoms with Crippen LogP contribution in [0.4, 0.5) is 0 Å². The molecule has 37 heteroatoms. The third kappa shape index (κ3) is 38.4. The monoisotopic (exact) mass is 2300 g/mol. The van der Waals surface area contributed by atoms with E-state index in [1.807, 2.05) is 66.9 Å². The van der Waals surface area contributed by atoms with Gasteiger partial charge in [-0.05, 0) is 271 Å². The maximum Gasteiger partial charge on any atom is 2.00 e. The van der Waals surface area contributed by atoms with E-state index in [1.54, 1.807) is 12.5 Å². The molecule has 139 heavy (non-hydrogen) atoms. The smallest absolute Gasteiger partial charge is 0.870 e. The number of fused-ring (bicyclic) bond motifs is 8. The van der Waals surface area contributed by atoms with Gasteiger partial charge in [-0.15, -0.1) is 34.9 Å². The number of nitrogens with one attached hydrogen (secondary N) is 3. The van der Waals surface area contributed by atoms with E-state index in [4.69, 9.17) is 27.7 Å². The second-order valence-corrected chi connectivity index (χ2v) is 39.1. The van der Waals surface area contributed by atoms with Gasteiger partial charge in [-0.3, -0.25) is 9.98 Å². The van der Waals surface area contributed by atoms with Crippen LogP contribution in [0.5, 0.6) is 0 Å². The fraction of sp³-hybridized carbons (Fsp3) is 0.304. The maximum absolute atomic E-state index is 11.4. The minimum Gasteiger partial charge on any atom is -0.870 e. The molecule has 0 spiro atoms. The normalized spacial score (nSPS) is 12.2. The van der Waals surface area contributed by atoms with Gasteiger partial charge in [0.05, 0.1) is 22.0 Å². The summed E-state index contributed by atoms with van der Waals surface area (Å²) in [5.41, 5.74) is 31.1. The number of rotatable bonds is 11. The van der Waals surface area contributed by atoms with Crippen LogP contribution in [0.25, 0.3) is 89.9 Å². The Morgan fingerprint density at radius 3 is 1.35 bits per heavy atom. The molecule has 0 fully saturated rings. The van der Waals surface area contributed by atoms with Crippen molar-refractivity contribution in [3.8, 4) is 80.3 Å². The molecule has 774 valence electrons. The number of halogens is 3. The summed E-state index contributed by atoms with van der Waals surface area (Å²) in [6, 6.07) is 66.3. The Morgan fingerprint density at radius 2 is 0.906 bits per heavy atom. The van der Waals surface area contributed by atoms with Gasteiger partial charge < -0.3 is 151 Å². The number of aromatic amines is 3. The van der Waals surface area contributed by atoms with Crippen molar-refractivity contribution in [3.63, 3.8) is 0 Å². The number of nitrogens with zero attached hydrogens (tertiary/aromatic N) is 5. The quantitative estimate of drug-likeness (QED) is 0.0303. The van der Waals surface area contributed by atoms with E-state index in [-0.39, 0.29) is 172 Å². The number of aromatic nitrogens is 7. The first-order valence-corrected chi connectivity index (χ1v) is 44.2. The molecule has 15 rings (SSSR count). The zero-order valence-corrected chi connectivity index (χ0v) is 91.5. The fourth-order valence-electron chi connectivity index (χ4n) is 15.0. The summed E-state index contributed by atoms with van der Waals surface area (Å²) in [5, 5.41) is 11.4. The van der Waals surface area contributed by atoms with Crippen LogP contribution in [0.3, 0.4) is 0 Å². The molecule has 3 aliphatic rings. The average Bonchev–Trinajstić information content (AvgIpc) is 1.61. The van der Waals surface area contributed by atoms with Crippen molar-refractivity contribution >= 4 is 126 Å². The summed E-state index contributed by atoms with van der Waals surface area (Å²) >= 11 is 15.4. The number of thiol groups is 2. The summed E-state index contributed by atoms with van der Waals surface area (Å²) < 4.78 is 17.8. The number of hydrogen-bond acceptors (Lipinski definition) is 28. The Labute approximate surface area is 878 Å². The number of benzene rings is 6. The minimum atomic E-state index is -0.738. The van der Waals surface area contributed by atoms with Crippen LogP contribution in [0, 0.1) is 37.2 Å². The van der Waals surface area contributed by atoms with E-state index in [1.165, 1.54) is 51.9 Å². The Morgan fingerprint density at radius 1 is 0.475 bits per heavy atom. The molecule has 3 aliphatic heterocycles. The number of aliphatic hydroxyl groups is 1.